The number of aromatic nitrogens is 4. The molecule has 2 aromatic carbocycles. The number of hydrogen-bond acceptors (Lipinski definition) is 4. The summed E-state index contributed by atoms with van der Waals surface area (Å²) in [7, 11) is 0. The van der Waals surface area contributed by atoms with Crippen LogP contribution in [0.4, 0.5) is 4.39 Å². The first-order valence-electron chi connectivity index (χ1n) is 7.97. The zero-order valence-corrected chi connectivity index (χ0v) is 13.7. The van der Waals surface area contributed by atoms with Crippen LogP contribution in [0.25, 0.3) is 16.6 Å². The number of halogens is 1. The van der Waals surface area contributed by atoms with Gasteiger partial charge in [0.15, 0.2) is 11.2 Å². The van der Waals surface area contributed by atoms with Crippen LogP contribution < -0.4 is 10.9 Å². The van der Waals surface area contributed by atoms with E-state index >= 15 is 0 Å². The van der Waals surface area contributed by atoms with Gasteiger partial charge in [-0.1, -0.05) is 35.5 Å². The van der Waals surface area contributed by atoms with Crippen LogP contribution in [-0.4, -0.2) is 25.7 Å². The zero-order valence-electron chi connectivity index (χ0n) is 13.7. The van der Waals surface area contributed by atoms with E-state index in [2.05, 4.69) is 20.6 Å². The predicted molar refractivity (Wildman–Crippen MR) is 93.4 cm³/mol. The lowest BCUT2D eigenvalue weighted by Gasteiger charge is -2.13. The molecular formula is C18H14FN5O2. The number of benzene rings is 2. The minimum atomic E-state index is -0.564. The molecule has 0 fully saturated rings. The summed E-state index contributed by atoms with van der Waals surface area (Å²) < 4.78 is 14.6. The summed E-state index contributed by atoms with van der Waals surface area (Å²) in [5.41, 5.74) is 1.01. The Labute approximate surface area is 146 Å². The number of amides is 1. The Bertz CT molecular complexity index is 1180. The molecule has 4 rings (SSSR count). The number of nitrogens with zero attached hydrogens (tertiary/aromatic N) is 3. The topological polar surface area (TPSA) is 92.2 Å². The number of H-pyrrole nitrogens is 1. The third-order valence-corrected chi connectivity index (χ3v) is 4.18. The summed E-state index contributed by atoms with van der Waals surface area (Å²) in [6, 6.07) is 13.1. The smallest absolute Gasteiger partial charge is 0.277 e. The molecule has 1 atom stereocenters. The van der Waals surface area contributed by atoms with Crippen molar-refractivity contribution in [1.82, 2.24) is 25.1 Å². The highest BCUT2D eigenvalue weighted by Crippen LogP contribution is 2.16. The van der Waals surface area contributed by atoms with Gasteiger partial charge in [0.2, 0.25) is 0 Å². The first kappa shape index (κ1) is 15.9. The summed E-state index contributed by atoms with van der Waals surface area (Å²) in [6.07, 6.45) is 0. The number of aromatic amines is 1. The van der Waals surface area contributed by atoms with Gasteiger partial charge in [-0.3, -0.25) is 9.59 Å². The fourth-order valence-corrected chi connectivity index (χ4v) is 2.87. The van der Waals surface area contributed by atoms with Gasteiger partial charge in [0.05, 0.1) is 17.1 Å². The average Bonchev–Trinajstić information content (AvgIpc) is 3.08. The molecule has 4 aromatic rings. The predicted octanol–water partition coefficient (Wildman–Crippen LogP) is 2.20. The summed E-state index contributed by atoms with van der Waals surface area (Å²) in [6.45, 7) is 1.83. The number of fused-ring (bicyclic) bond motifs is 3. The minimum absolute atomic E-state index is 0.0156. The molecule has 0 radical (unpaired) electrons. The monoisotopic (exact) mass is 351 g/mol. The third-order valence-electron chi connectivity index (χ3n) is 4.18. The first-order valence-corrected chi connectivity index (χ1v) is 7.97. The van der Waals surface area contributed by atoms with Crippen molar-refractivity contribution in [3.8, 4) is 0 Å². The van der Waals surface area contributed by atoms with Gasteiger partial charge in [-0.2, -0.15) is 0 Å². The van der Waals surface area contributed by atoms with E-state index in [1.807, 2.05) is 37.3 Å². The van der Waals surface area contributed by atoms with E-state index in [-0.39, 0.29) is 22.8 Å². The lowest BCUT2D eigenvalue weighted by molar-refractivity contribution is 0.0936. The average molecular weight is 351 g/mol. The lowest BCUT2D eigenvalue weighted by atomic mass is 10.1. The maximum atomic E-state index is 13.4. The minimum Gasteiger partial charge on any atom is -0.344 e. The molecule has 1 amide bonds. The van der Waals surface area contributed by atoms with Gasteiger partial charge in [-0.15, -0.1) is 5.10 Å². The highest BCUT2D eigenvalue weighted by Gasteiger charge is 2.21. The Kier molecular flexibility index (Phi) is 3.72. The highest BCUT2D eigenvalue weighted by molar-refractivity contribution is 5.99. The van der Waals surface area contributed by atoms with Crippen LogP contribution >= 0.6 is 0 Å². The second-order valence-corrected chi connectivity index (χ2v) is 5.92. The first-order chi connectivity index (χ1) is 12.5. The number of carbonyl (C=O) groups is 1. The molecule has 0 aliphatic heterocycles. The molecule has 0 bridgehead atoms. The quantitative estimate of drug-likeness (QED) is 0.592. The summed E-state index contributed by atoms with van der Waals surface area (Å²) in [4.78, 5) is 27.6. The van der Waals surface area contributed by atoms with Crippen LogP contribution in [0.1, 0.15) is 29.0 Å². The maximum Gasteiger partial charge on any atom is 0.277 e. The molecule has 2 N–H and O–H groups in total. The number of carbonyl (C=O) groups excluding carboxylic acids is 1. The Hall–Kier alpha value is -3.55. The lowest BCUT2D eigenvalue weighted by Crippen LogP contribution is -2.28. The Balaban J connectivity index is 1.76. The van der Waals surface area contributed by atoms with E-state index in [1.165, 1.54) is 22.7 Å². The molecule has 0 spiro atoms. The molecule has 0 aliphatic carbocycles. The van der Waals surface area contributed by atoms with E-state index in [0.717, 1.165) is 5.56 Å². The van der Waals surface area contributed by atoms with Crippen LogP contribution in [0.15, 0.2) is 53.3 Å². The van der Waals surface area contributed by atoms with Crippen molar-refractivity contribution >= 4 is 22.5 Å². The van der Waals surface area contributed by atoms with Crippen molar-refractivity contribution in [2.75, 3.05) is 0 Å². The largest absolute Gasteiger partial charge is 0.344 e. The molecule has 8 heteroatoms. The molecule has 26 heavy (non-hydrogen) atoms. The van der Waals surface area contributed by atoms with Gasteiger partial charge < -0.3 is 10.3 Å². The van der Waals surface area contributed by atoms with E-state index in [0.29, 0.717) is 5.52 Å². The summed E-state index contributed by atoms with van der Waals surface area (Å²) >= 11 is 0. The van der Waals surface area contributed by atoms with Crippen molar-refractivity contribution in [3.05, 3.63) is 76.0 Å². The third kappa shape index (κ3) is 2.61. The van der Waals surface area contributed by atoms with Gasteiger partial charge in [-0.05, 0) is 30.7 Å². The van der Waals surface area contributed by atoms with E-state index in [4.69, 9.17) is 0 Å². The molecule has 7 nitrogen and oxygen atoms in total. The van der Waals surface area contributed by atoms with E-state index < -0.39 is 17.3 Å². The molecule has 2 heterocycles. The van der Waals surface area contributed by atoms with E-state index in [1.54, 1.807) is 0 Å². The van der Waals surface area contributed by atoms with Crippen molar-refractivity contribution in [2.24, 2.45) is 0 Å². The number of rotatable bonds is 3. The second-order valence-electron chi connectivity index (χ2n) is 5.92. The molecule has 130 valence electrons. The fourth-order valence-electron chi connectivity index (χ4n) is 2.87. The van der Waals surface area contributed by atoms with Crippen LogP contribution in [0.2, 0.25) is 0 Å². The van der Waals surface area contributed by atoms with Crippen LogP contribution in [0.3, 0.4) is 0 Å². The van der Waals surface area contributed by atoms with Crippen LogP contribution in [0.5, 0.6) is 0 Å². The van der Waals surface area contributed by atoms with E-state index in [9.17, 15) is 14.0 Å². The van der Waals surface area contributed by atoms with Gasteiger partial charge >= 0.3 is 0 Å². The Morgan fingerprint density at radius 2 is 2.00 bits per heavy atom. The van der Waals surface area contributed by atoms with Gasteiger partial charge in [0.1, 0.15) is 5.82 Å². The summed E-state index contributed by atoms with van der Waals surface area (Å²) in [5, 5.41) is 10.6. The maximum absolute atomic E-state index is 13.4. The molecule has 0 unspecified atom stereocenters. The summed E-state index contributed by atoms with van der Waals surface area (Å²) in [5.74, 6) is -0.995. The van der Waals surface area contributed by atoms with Crippen molar-refractivity contribution in [3.63, 3.8) is 0 Å². The SMILES string of the molecule is C[C@H](NC(=O)c1nnn2c1c(=O)[nH]c1cc(F)ccc12)c1ccccc1. The standard InChI is InChI=1S/C18H14FN5O2/c1-10(11-5-3-2-4-6-11)20-17(25)15-16-18(26)21-13-9-12(19)7-8-14(13)24(16)23-22-15/h2-10H,1H3,(H,20,25)(H,21,26)/t10-/m0/s1. The number of nitrogens with one attached hydrogen (secondary N) is 2. The normalized spacial score (nSPS) is 12.4. The van der Waals surface area contributed by atoms with Gasteiger partial charge in [-0.25, -0.2) is 8.91 Å². The van der Waals surface area contributed by atoms with Crippen LogP contribution in [0, 0.1) is 5.82 Å². The number of hydrogen-bond donors (Lipinski definition) is 2. The molecule has 2 aromatic heterocycles. The van der Waals surface area contributed by atoms with Crippen molar-refractivity contribution in [2.45, 2.75) is 13.0 Å². The highest BCUT2D eigenvalue weighted by atomic mass is 19.1. The second kappa shape index (κ2) is 6.07. The molecule has 0 aliphatic rings. The van der Waals surface area contributed by atoms with Gasteiger partial charge in [0, 0.05) is 0 Å². The Morgan fingerprint density at radius 3 is 2.77 bits per heavy atom. The molecule has 0 saturated heterocycles. The van der Waals surface area contributed by atoms with Crippen LogP contribution in [-0.2, 0) is 0 Å². The molecule has 0 saturated carbocycles. The molecular weight excluding hydrogens is 337 g/mol. The van der Waals surface area contributed by atoms with Gasteiger partial charge in [0.25, 0.3) is 11.5 Å². The van der Waals surface area contributed by atoms with Crippen molar-refractivity contribution < 1.29 is 9.18 Å². The van der Waals surface area contributed by atoms with Crippen molar-refractivity contribution in [1.29, 1.82) is 0 Å². The Morgan fingerprint density at radius 1 is 1.23 bits per heavy atom. The zero-order chi connectivity index (χ0) is 18.3. The fraction of sp³-hybridized carbons (Fsp3) is 0.111.